The van der Waals surface area contributed by atoms with E-state index in [2.05, 4.69) is 34.9 Å². The van der Waals surface area contributed by atoms with E-state index in [9.17, 15) is 24.3 Å². The molecule has 428 valence electrons. The summed E-state index contributed by atoms with van der Waals surface area (Å²) >= 11 is 0. The van der Waals surface area contributed by atoms with Crippen LogP contribution in [-0.4, -0.2) is 135 Å². The Morgan fingerprint density at radius 2 is 0.925 bits per heavy atom. The lowest BCUT2D eigenvalue weighted by atomic mass is 10.0. The normalized spacial score (nSPS) is 16.2. The predicted molar refractivity (Wildman–Crippen MR) is 310 cm³/mol. The third-order valence-electron chi connectivity index (χ3n) is 15.2. The summed E-state index contributed by atoms with van der Waals surface area (Å²) in [6.45, 7) is 26.2. The number of likely N-dealkylation sites (tertiary alicyclic amines) is 2. The zero-order valence-electron chi connectivity index (χ0n) is 48.2. The van der Waals surface area contributed by atoms with E-state index >= 15 is 0 Å². The van der Waals surface area contributed by atoms with Crippen LogP contribution in [0.5, 0.6) is 28.7 Å². The SMILES string of the molecule is Cc1cc(=O)n(CCN2CCC(N(Cc3ccc4c(c3)OCCO4)C(=O)OC(C)(C)C)CC2)c2cc(O)ccc12.Cc1ccc2c(C)cc(=O)n(CCN3CCC(N(Cc4ccc5c(c4)OCCO5)C(=O)OC(C)(C)C)CC3)c2c1. The van der Waals surface area contributed by atoms with Crippen LogP contribution in [0.25, 0.3) is 21.8 Å². The molecule has 17 heteroatoms. The Bertz CT molecular complexity index is 3090. The number of carbonyl (C=O) groups is 2. The lowest BCUT2D eigenvalue weighted by molar-refractivity contribution is 0.00468. The summed E-state index contributed by atoms with van der Waals surface area (Å²) in [5, 5.41) is 12.1. The molecular weight excluding hydrogens is 1020 g/mol. The van der Waals surface area contributed by atoms with Gasteiger partial charge in [0.15, 0.2) is 23.0 Å². The smallest absolute Gasteiger partial charge is 0.410 e. The number of aromatic hydroxyl groups is 1. The first-order valence-electron chi connectivity index (χ1n) is 28.3. The maximum absolute atomic E-state index is 13.4. The molecule has 0 spiro atoms. The highest BCUT2D eigenvalue weighted by molar-refractivity contribution is 5.84. The van der Waals surface area contributed by atoms with Crippen LogP contribution in [0.15, 0.2) is 94.5 Å². The maximum Gasteiger partial charge on any atom is 0.410 e. The van der Waals surface area contributed by atoms with Crippen molar-refractivity contribution in [3.8, 4) is 28.7 Å². The molecule has 4 aliphatic heterocycles. The molecule has 4 aromatic carbocycles. The van der Waals surface area contributed by atoms with Crippen molar-refractivity contribution in [2.24, 2.45) is 0 Å². The first-order valence-corrected chi connectivity index (χ1v) is 28.3. The zero-order valence-corrected chi connectivity index (χ0v) is 48.2. The summed E-state index contributed by atoms with van der Waals surface area (Å²) in [6.07, 6.45) is 2.66. The molecule has 0 aliphatic carbocycles. The molecule has 2 amide bonds. The van der Waals surface area contributed by atoms with Gasteiger partial charge in [0.1, 0.15) is 43.4 Å². The van der Waals surface area contributed by atoms with Gasteiger partial charge in [-0.05, 0) is 158 Å². The lowest BCUT2D eigenvalue weighted by Gasteiger charge is -2.39. The van der Waals surface area contributed by atoms with Crippen LogP contribution in [0.4, 0.5) is 9.59 Å². The topological polar surface area (TPSA) is 167 Å². The predicted octanol–water partition coefficient (Wildman–Crippen LogP) is 9.98. The number of amides is 2. The Morgan fingerprint density at radius 1 is 0.525 bits per heavy atom. The van der Waals surface area contributed by atoms with Crippen molar-refractivity contribution in [2.75, 3.05) is 65.7 Å². The lowest BCUT2D eigenvalue weighted by Crippen LogP contribution is -2.49. The number of phenols is 1. The first kappa shape index (κ1) is 57.4. The highest BCUT2D eigenvalue weighted by atomic mass is 16.6. The second kappa shape index (κ2) is 24.6. The van der Waals surface area contributed by atoms with Crippen molar-refractivity contribution >= 4 is 34.0 Å². The zero-order chi connectivity index (χ0) is 56.9. The van der Waals surface area contributed by atoms with Gasteiger partial charge in [0.25, 0.3) is 11.1 Å². The molecule has 2 saturated heterocycles. The number of nitrogens with zero attached hydrogens (tertiary/aromatic N) is 6. The van der Waals surface area contributed by atoms with E-state index in [4.69, 9.17) is 28.4 Å². The second-order valence-electron chi connectivity index (χ2n) is 23.7. The highest BCUT2D eigenvalue weighted by Gasteiger charge is 2.34. The van der Waals surface area contributed by atoms with Crippen LogP contribution in [0.1, 0.15) is 95.0 Å². The number of hydrogen-bond acceptors (Lipinski definition) is 13. The Morgan fingerprint density at radius 3 is 1.35 bits per heavy atom. The summed E-state index contributed by atoms with van der Waals surface area (Å²) in [6, 6.07) is 26.6. The third kappa shape index (κ3) is 14.4. The largest absolute Gasteiger partial charge is 0.508 e. The van der Waals surface area contributed by atoms with Crippen LogP contribution >= 0.6 is 0 Å². The van der Waals surface area contributed by atoms with Crippen molar-refractivity contribution in [1.29, 1.82) is 0 Å². The van der Waals surface area contributed by atoms with Gasteiger partial charge in [-0.2, -0.15) is 0 Å². The number of fused-ring (bicyclic) bond motifs is 4. The van der Waals surface area contributed by atoms with Gasteiger partial charge in [-0.1, -0.05) is 24.3 Å². The molecular formula is C63H80N6O11. The number of benzene rings is 4. The van der Waals surface area contributed by atoms with E-state index in [1.165, 1.54) is 0 Å². The van der Waals surface area contributed by atoms with Gasteiger partial charge in [-0.3, -0.25) is 9.59 Å². The van der Waals surface area contributed by atoms with Crippen molar-refractivity contribution in [3.63, 3.8) is 0 Å². The van der Waals surface area contributed by atoms with Crippen molar-refractivity contribution in [3.05, 3.63) is 133 Å². The summed E-state index contributed by atoms with van der Waals surface area (Å²) in [4.78, 5) is 60.8. The average molecular weight is 1100 g/mol. The Kier molecular flexibility index (Phi) is 17.7. The molecule has 0 unspecified atom stereocenters. The maximum atomic E-state index is 13.4. The van der Waals surface area contributed by atoms with Gasteiger partial charge in [-0.25, -0.2) is 9.59 Å². The van der Waals surface area contributed by atoms with Crippen LogP contribution in [-0.2, 0) is 35.7 Å². The number of ether oxygens (including phenoxy) is 6. The number of aromatic nitrogens is 2. The minimum atomic E-state index is -0.596. The van der Waals surface area contributed by atoms with E-state index in [-0.39, 0.29) is 41.1 Å². The number of piperidine rings is 2. The van der Waals surface area contributed by atoms with Gasteiger partial charge < -0.3 is 62.3 Å². The minimum absolute atomic E-state index is 0.0270. The fraction of sp³-hybridized carbons (Fsp3) is 0.492. The summed E-state index contributed by atoms with van der Waals surface area (Å²) in [7, 11) is 0. The first-order chi connectivity index (χ1) is 38.1. The van der Waals surface area contributed by atoms with Crippen LogP contribution in [0, 0.1) is 20.8 Å². The molecule has 0 saturated carbocycles. The van der Waals surface area contributed by atoms with Crippen LogP contribution in [0.3, 0.4) is 0 Å². The second-order valence-corrected chi connectivity index (χ2v) is 23.7. The van der Waals surface area contributed by atoms with Gasteiger partial charge in [-0.15, -0.1) is 0 Å². The molecule has 10 rings (SSSR count). The van der Waals surface area contributed by atoms with Crippen molar-refractivity contribution in [1.82, 2.24) is 28.7 Å². The fourth-order valence-electron chi connectivity index (χ4n) is 11.1. The van der Waals surface area contributed by atoms with Gasteiger partial charge in [0.2, 0.25) is 0 Å². The number of rotatable bonds is 12. The molecule has 0 atom stereocenters. The Hall–Kier alpha value is -7.24. The van der Waals surface area contributed by atoms with Crippen LogP contribution in [0.2, 0.25) is 0 Å². The number of pyridine rings is 2. The fourth-order valence-corrected chi connectivity index (χ4v) is 11.1. The molecule has 2 fully saturated rings. The van der Waals surface area contributed by atoms with Crippen LogP contribution < -0.4 is 30.1 Å². The molecule has 6 heterocycles. The molecule has 1 N–H and O–H groups in total. The Balaban J connectivity index is 0.000000194. The van der Waals surface area contributed by atoms with Gasteiger partial charge >= 0.3 is 12.2 Å². The van der Waals surface area contributed by atoms with Gasteiger partial charge in [0, 0.05) is 107 Å². The number of aryl methyl sites for hydroxylation is 3. The molecule has 17 nitrogen and oxygen atoms in total. The van der Waals surface area contributed by atoms with E-state index in [1.807, 2.05) is 112 Å². The molecule has 2 aromatic heterocycles. The quantitative estimate of drug-likeness (QED) is 0.123. The minimum Gasteiger partial charge on any atom is -0.508 e. The van der Waals surface area contributed by atoms with E-state index in [0.717, 1.165) is 125 Å². The third-order valence-corrected chi connectivity index (χ3v) is 15.2. The van der Waals surface area contributed by atoms with Gasteiger partial charge in [0.05, 0.1) is 11.0 Å². The average Bonchev–Trinajstić information content (AvgIpc) is 3.50. The monoisotopic (exact) mass is 1100 g/mol. The molecule has 6 aromatic rings. The molecule has 80 heavy (non-hydrogen) atoms. The molecule has 0 radical (unpaired) electrons. The number of carbonyl (C=O) groups excluding carboxylic acids is 2. The summed E-state index contributed by atoms with van der Waals surface area (Å²) in [5.74, 6) is 3.03. The standard InChI is InChI=1S/C32H41N3O5.C31H39N3O6/c1-22-6-8-26-23(2)19-30(36)34(27(26)18-22)15-14-33-12-10-25(11-13-33)35(31(37)40-32(3,4)5)21-24-7-9-28-29(20-24)39-17-16-38-28;1-21-17-29(36)33(26-19-24(35)6-7-25(21)26)14-13-32-11-9-23(10-12-32)34(30(37)40-31(2,3)4)20-22-5-8-27-28(18-22)39-16-15-38-27/h6-9,18-20,25H,10-17,21H2,1-5H3;5-8,17-19,23,35H,9-16,20H2,1-4H3. The van der Waals surface area contributed by atoms with Crippen molar-refractivity contribution < 1.29 is 43.1 Å². The highest BCUT2D eigenvalue weighted by Crippen LogP contribution is 2.34. The Labute approximate surface area is 469 Å². The summed E-state index contributed by atoms with van der Waals surface area (Å²) in [5.41, 5.74) is 5.55. The summed E-state index contributed by atoms with van der Waals surface area (Å²) < 4.78 is 38.1. The van der Waals surface area contributed by atoms with Crippen molar-refractivity contribution in [2.45, 2.75) is 137 Å². The molecule has 4 aliphatic rings. The number of phenolic OH excluding ortho intramolecular Hbond substituents is 1. The molecule has 0 bridgehead atoms. The van der Waals surface area contributed by atoms with E-state index in [0.29, 0.717) is 64.9 Å². The van der Waals surface area contributed by atoms with E-state index in [1.54, 1.807) is 28.8 Å². The number of hydrogen-bond donors (Lipinski definition) is 1. The van der Waals surface area contributed by atoms with E-state index < -0.39 is 11.2 Å².